The van der Waals surface area contributed by atoms with Gasteiger partial charge in [-0.25, -0.2) is 13.8 Å². The lowest BCUT2D eigenvalue weighted by atomic mass is 10.1. The van der Waals surface area contributed by atoms with Gasteiger partial charge in [0.1, 0.15) is 5.82 Å². The van der Waals surface area contributed by atoms with Gasteiger partial charge in [-0.2, -0.15) is 0 Å². The van der Waals surface area contributed by atoms with E-state index in [4.69, 9.17) is 5.73 Å². The Hall–Kier alpha value is -1.23. The Morgan fingerprint density at radius 3 is 2.88 bits per heavy atom. The Bertz CT molecular complexity index is 379. The van der Waals surface area contributed by atoms with Crippen LogP contribution in [0.4, 0.5) is 14.6 Å². The van der Waals surface area contributed by atoms with Crippen molar-refractivity contribution >= 4 is 5.82 Å². The molecule has 2 N–H and O–H groups in total. The second-order valence-electron chi connectivity index (χ2n) is 4.23. The van der Waals surface area contributed by atoms with Gasteiger partial charge in [-0.05, 0) is 13.0 Å². The van der Waals surface area contributed by atoms with Crippen molar-refractivity contribution in [3.8, 4) is 0 Å². The van der Waals surface area contributed by atoms with Crippen LogP contribution < -0.4 is 10.6 Å². The summed E-state index contributed by atoms with van der Waals surface area (Å²) in [5.74, 6) is -2.01. The molecule has 0 saturated carbocycles. The van der Waals surface area contributed by atoms with Gasteiger partial charge in [0.2, 0.25) is 0 Å². The summed E-state index contributed by atoms with van der Waals surface area (Å²) in [6.45, 7) is 1.90. The van der Waals surface area contributed by atoms with Crippen LogP contribution in [0.15, 0.2) is 18.3 Å². The minimum Gasteiger partial charge on any atom is -0.350 e. The summed E-state index contributed by atoms with van der Waals surface area (Å²) < 4.78 is 26.2. The standard InChI is InChI=1S/C11H15F2N3/c1-8(14)9-3-2-5-15-10(9)16-6-4-11(12,13)7-16/h2-3,5,8H,4,6-7,14H2,1H3. The third-order valence-electron chi connectivity index (χ3n) is 2.78. The number of halogens is 2. The summed E-state index contributed by atoms with van der Waals surface area (Å²) in [5, 5.41) is 0. The minimum absolute atomic E-state index is 0.109. The maximum atomic E-state index is 13.1. The molecule has 1 aromatic rings. The van der Waals surface area contributed by atoms with Gasteiger partial charge < -0.3 is 10.6 Å². The van der Waals surface area contributed by atoms with Crippen LogP contribution in [0.25, 0.3) is 0 Å². The summed E-state index contributed by atoms with van der Waals surface area (Å²) in [7, 11) is 0. The first kappa shape index (κ1) is 11.3. The number of alkyl halides is 2. The molecule has 0 radical (unpaired) electrons. The molecule has 1 aliphatic rings. The van der Waals surface area contributed by atoms with Crippen molar-refractivity contribution < 1.29 is 8.78 Å². The van der Waals surface area contributed by atoms with E-state index in [1.54, 1.807) is 17.2 Å². The predicted molar refractivity (Wildman–Crippen MR) is 58.6 cm³/mol. The van der Waals surface area contributed by atoms with Crippen LogP contribution in [-0.2, 0) is 0 Å². The van der Waals surface area contributed by atoms with Crippen LogP contribution in [0, 0.1) is 0 Å². The maximum absolute atomic E-state index is 13.1. The summed E-state index contributed by atoms with van der Waals surface area (Å²) in [6.07, 6.45) is 1.50. The van der Waals surface area contributed by atoms with E-state index < -0.39 is 5.92 Å². The molecule has 0 bridgehead atoms. The molecule has 1 unspecified atom stereocenters. The molecule has 3 nitrogen and oxygen atoms in total. The number of hydrogen-bond acceptors (Lipinski definition) is 3. The molecule has 0 spiro atoms. The highest BCUT2D eigenvalue weighted by atomic mass is 19.3. The van der Waals surface area contributed by atoms with Crippen molar-refractivity contribution in [2.75, 3.05) is 18.0 Å². The van der Waals surface area contributed by atoms with Gasteiger partial charge in [0.25, 0.3) is 5.92 Å². The highest BCUT2D eigenvalue weighted by Gasteiger charge is 2.39. The van der Waals surface area contributed by atoms with Crippen molar-refractivity contribution in [2.45, 2.75) is 25.3 Å². The third-order valence-corrected chi connectivity index (χ3v) is 2.78. The minimum atomic E-state index is -2.60. The number of aromatic nitrogens is 1. The Balaban J connectivity index is 2.28. The molecule has 0 amide bonds. The Morgan fingerprint density at radius 2 is 2.31 bits per heavy atom. The van der Waals surface area contributed by atoms with Crippen molar-refractivity contribution in [3.63, 3.8) is 0 Å². The maximum Gasteiger partial charge on any atom is 0.266 e. The molecule has 88 valence electrons. The molecule has 5 heteroatoms. The smallest absolute Gasteiger partial charge is 0.266 e. The second-order valence-corrected chi connectivity index (χ2v) is 4.23. The largest absolute Gasteiger partial charge is 0.350 e. The summed E-state index contributed by atoms with van der Waals surface area (Å²) >= 11 is 0. The fourth-order valence-corrected chi connectivity index (χ4v) is 1.95. The molecule has 1 aliphatic heterocycles. The van der Waals surface area contributed by atoms with Crippen LogP contribution in [-0.4, -0.2) is 24.0 Å². The van der Waals surface area contributed by atoms with Gasteiger partial charge in [0, 0.05) is 30.8 Å². The van der Waals surface area contributed by atoms with Gasteiger partial charge in [0.15, 0.2) is 0 Å². The second kappa shape index (κ2) is 3.97. The number of nitrogens with zero attached hydrogens (tertiary/aromatic N) is 2. The van der Waals surface area contributed by atoms with Crippen LogP contribution in [0.1, 0.15) is 24.9 Å². The molecule has 0 aliphatic carbocycles. The highest BCUT2D eigenvalue weighted by molar-refractivity contribution is 5.49. The zero-order valence-corrected chi connectivity index (χ0v) is 9.16. The SMILES string of the molecule is CC(N)c1cccnc1N1CCC(F)(F)C1. The zero-order chi connectivity index (χ0) is 11.8. The Kier molecular flexibility index (Phi) is 2.80. The van der Waals surface area contributed by atoms with Crippen LogP contribution in [0.5, 0.6) is 0 Å². The average Bonchev–Trinajstić information content (AvgIpc) is 2.59. The van der Waals surface area contributed by atoms with E-state index in [0.717, 1.165) is 5.56 Å². The number of hydrogen-bond donors (Lipinski definition) is 1. The van der Waals surface area contributed by atoms with E-state index in [-0.39, 0.29) is 19.0 Å². The van der Waals surface area contributed by atoms with E-state index in [1.807, 2.05) is 13.0 Å². The van der Waals surface area contributed by atoms with Gasteiger partial charge in [-0.3, -0.25) is 0 Å². The van der Waals surface area contributed by atoms with E-state index in [0.29, 0.717) is 12.4 Å². The van der Waals surface area contributed by atoms with Crippen LogP contribution >= 0.6 is 0 Å². The fourth-order valence-electron chi connectivity index (χ4n) is 1.95. The lowest BCUT2D eigenvalue weighted by Crippen LogP contribution is -2.27. The predicted octanol–water partition coefficient (Wildman–Crippen LogP) is 1.95. The molecular weight excluding hydrogens is 212 g/mol. The lowest BCUT2D eigenvalue weighted by molar-refractivity contribution is 0.0256. The van der Waals surface area contributed by atoms with Crippen molar-refractivity contribution in [1.29, 1.82) is 0 Å². The van der Waals surface area contributed by atoms with Gasteiger partial charge in [-0.15, -0.1) is 0 Å². The third kappa shape index (κ3) is 2.14. The summed E-state index contributed by atoms with van der Waals surface area (Å²) in [4.78, 5) is 5.77. The van der Waals surface area contributed by atoms with E-state index in [2.05, 4.69) is 4.98 Å². The van der Waals surface area contributed by atoms with E-state index in [9.17, 15) is 8.78 Å². The Labute approximate surface area is 93.3 Å². The molecule has 2 heterocycles. The monoisotopic (exact) mass is 227 g/mol. The van der Waals surface area contributed by atoms with E-state index >= 15 is 0 Å². The molecule has 16 heavy (non-hydrogen) atoms. The quantitative estimate of drug-likeness (QED) is 0.839. The van der Waals surface area contributed by atoms with Gasteiger partial charge in [0.05, 0.1) is 6.54 Å². The first-order valence-corrected chi connectivity index (χ1v) is 5.33. The summed E-state index contributed by atoms with van der Waals surface area (Å²) in [6, 6.07) is 3.41. The molecule has 1 fully saturated rings. The first-order chi connectivity index (χ1) is 7.49. The highest BCUT2D eigenvalue weighted by Crippen LogP contribution is 2.32. The number of pyridine rings is 1. The van der Waals surface area contributed by atoms with Crippen LogP contribution in [0.2, 0.25) is 0 Å². The first-order valence-electron chi connectivity index (χ1n) is 5.33. The number of rotatable bonds is 2. The number of nitrogens with two attached hydrogens (primary N) is 1. The van der Waals surface area contributed by atoms with Crippen molar-refractivity contribution in [2.24, 2.45) is 5.73 Å². The average molecular weight is 227 g/mol. The number of anilines is 1. The zero-order valence-electron chi connectivity index (χ0n) is 9.16. The topological polar surface area (TPSA) is 42.1 Å². The van der Waals surface area contributed by atoms with Crippen LogP contribution in [0.3, 0.4) is 0 Å². The fraction of sp³-hybridized carbons (Fsp3) is 0.545. The molecule has 2 rings (SSSR count). The lowest BCUT2D eigenvalue weighted by Gasteiger charge is -2.21. The molecule has 0 aromatic carbocycles. The van der Waals surface area contributed by atoms with Crippen molar-refractivity contribution in [3.05, 3.63) is 23.9 Å². The Morgan fingerprint density at radius 1 is 1.56 bits per heavy atom. The van der Waals surface area contributed by atoms with Gasteiger partial charge in [-0.1, -0.05) is 6.07 Å². The normalized spacial score (nSPS) is 21.1. The summed E-state index contributed by atoms with van der Waals surface area (Å²) in [5.41, 5.74) is 6.62. The molecule has 1 saturated heterocycles. The van der Waals surface area contributed by atoms with E-state index in [1.165, 1.54) is 0 Å². The molecule has 1 aromatic heterocycles. The molecule has 1 atom stereocenters. The molecular formula is C11H15F2N3. The van der Waals surface area contributed by atoms with Crippen molar-refractivity contribution in [1.82, 2.24) is 4.98 Å². The van der Waals surface area contributed by atoms with Gasteiger partial charge >= 0.3 is 0 Å².